The van der Waals surface area contributed by atoms with Crippen LogP contribution in [-0.2, 0) is 9.59 Å². The fourth-order valence-electron chi connectivity index (χ4n) is 4.04. The number of halogens is 1. The molecule has 0 saturated carbocycles. The van der Waals surface area contributed by atoms with E-state index in [0.29, 0.717) is 43.2 Å². The van der Waals surface area contributed by atoms with Crippen LogP contribution in [0.5, 0.6) is 11.5 Å². The van der Waals surface area contributed by atoms with Crippen LogP contribution in [0.4, 0.5) is 0 Å². The molecule has 0 aromatic heterocycles. The Kier molecular flexibility index (Phi) is 6.53. The molecule has 168 valence electrons. The van der Waals surface area contributed by atoms with Crippen LogP contribution in [0, 0.1) is 0 Å². The third-order valence-electron chi connectivity index (χ3n) is 5.52. The van der Waals surface area contributed by atoms with Gasteiger partial charge in [0, 0.05) is 16.6 Å². The van der Waals surface area contributed by atoms with E-state index in [4.69, 9.17) is 9.47 Å². The minimum absolute atomic E-state index is 0.0784. The first-order valence-corrected chi connectivity index (χ1v) is 11.2. The van der Waals surface area contributed by atoms with Crippen LogP contribution < -0.4 is 9.47 Å². The SMILES string of the molecule is CN(C)CCCN1C(=O)C(=O)/C(=C(/O)c2ccc3c(c2)OCCO3)[C@@H]1c1cccc(Br)c1. The van der Waals surface area contributed by atoms with Gasteiger partial charge in [-0.15, -0.1) is 0 Å². The van der Waals surface area contributed by atoms with Gasteiger partial charge in [0.2, 0.25) is 0 Å². The number of aliphatic hydroxyl groups is 1. The van der Waals surface area contributed by atoms with Crippen molar-refractivity contribution in [2.45, 2.75) is 12.5 Å². The Labute approximate surface area is 195 Å². The highest BCUT2D eigenvalue weighted by Gasteiger charge is 2.45. The van der Waals surface area contributed by atoms with Gasteiger partial charge < -0.3 is 24.4 Å². The van der Waals surface area contributed by atoms with Crippen molar-refractivity contribution in [3.8, 4) is 11.5 Å². The Balaban J connectivity index is 1.79. The van der Waals surface area contributed by atoms with Crippen LogP contribution in [0.3, 0.4) is 0 Å². The molecule has 4 rings (SSSR count). The molecule has 2 aliphatic rings. The van der Waals surface area contributed by atoms with Crippen molar-refractivity contribution in [1.29, 1.82) is 0 Å². The van der Waals surface area contributed by atoms with Gasteiger partial charge in [0.15, 0.2) is 11.5 Å². The number of rotatable bonds is 6. The number of nitrogens with zero attached hydrogens (tertiary/aromatic N) is 2. The number of hydrogen-bond acceptors (Lipinski definition) is 6. The molecule has 32 heavy (non-hydrogen) atoms. The van der Waals surface area contributed by atoms with Crippen LogP contribution in [-0.4, -0.2) is 67.0 Å². The van der Waals surface area contributed by atoms with Crippen molar-refractivity contribution in [1.82, 2.24) is 9.80 Å². The summed E-state index contributed by atoms with van der Waals surface area (Å²) in [6.45, 7) is 2.04. The molecular weight excluding hydrogens is 476 g/mol. The van der Waals surface area contributed by atoms with Gasteiger partial charge in [0.1, 0.15) is 19.0 Å². The molecule has 1 N–H and O–H groups in total. The van der Waals surface area contributed by atoms with E-state index in [1.54, 1.807) is 23.1 Å². The fourth-order valence-corrected chi connectivity index (χ4v) is 4.45. The lowest BCUT2D eigenvalue weighted by Crippen LogP contribution is -2.32. The van der Waals surface area contributed by atoms with Gasteiger partial charge in [-0.2, -0.15) is 0 Å². The summed E-state index contributed by atoms with van der Waals surface area (Å²) in [5.74, 6) is -0.430. The standard InChI is InChI=1S/C24H25BrN2O5/c1-26(2)9-4-10-27-21(15-5-3-6-17(25)13-15)20(23(29)24(27)30)22(28)16-7-8-18-19(14-16)32-12-11-31-18/h3,5-8,13-14,21,28H,4,9-12H2,1-2H3/b22-20+/t21-/m0/s1. The van der Waals surface area contributed by atoms with Gasteiger partial charge in [0.05, 0.1) is 11.6 Å². The second-order valence-electron chi connectivity index (χ2n) is 8.06. The zero-order chi connectivity index (χ0) is 22.8. The third-order valence-corrected chi connectivity index (χ3v) is 6.02. The second kappa shape index (κ2) is 9.34. The summed E-state index contributed by atoms with van der Waals surface area (Å²) in [4.78, 5) is 29.7. The van der Waals surface area contributed by atoms with Gasteiger partial charge in [-0.1, -0.05) is 28.1 Å². The molecule has 2 aromatic rings. The van der Waals surface area contributed by atoms with Crippen molar-refractivity contribution < 1.29 is 24.2 Å². The van der Waals surface area contributed by atoms with Crippen LogP contribution in [0.1, 0.15) is 23.6 Å². The number of hydrogen-bond donors (Lipinski definition) is 1. The van der Waals surface area contributed by atoms with Gasteiger partial charge in [-0.3, -0.25) is 9.59 Å². The molecule has 0 radical (unpaired) electrons. The lowest BCUT2D eigenvalue weighted by atomic mass is 9.95. The smallest absolute Gasteiger partial charge is 0.295 e. The molecule has 1 fully saturated rings. The van der Waals surface area contributed by atoms with Crippen molar-refractivity contribution in [3.05, 3.63) is 63.6 Å². The number of likely N-dealkylation sites (tertiary alicyclic amines) is 1. The number of ketones is 1. The van der Waals surface area contributed by atoms with E-state index >= 15 is 0 Å². The number of ether oxygens (including phenoxy) is 2. The predicted molar refractivity (Wildman–Crippen MR) is 124 cm³/mol. The van der Waals surface area contributed by atoms with Crippen LogP contribution >= 0.6 is 15.9 Å². The normalized spacial score (nSPS) is 19.6. The minimum atomic E-state index is -0.688. The second-order valence-corrected chi connectivity index (χ2v) is 8.98. The molecule has 1 saturated heterocycles. The molecular formula is C24H25BrN2O5. The highest BCUT2D eigenvalue weighted by Crippen LogP contribution is 2.41. The van der Waals surface area contributed by atoms with E-state index in [9.17, 15) is 14.7 Å². The number of carbonyl (C=O) groups is 2. The first-order valence-electron chi connectivity index (χ1n) is 10.5. The summed E-state index contributed by atoms with van der Waals surface area (Å²) < 4.78 is 12.0. The Morgan fingerprint density at radius 2 is 1.88 bits per heavy atom. The minimum Gasteiger partial charge on any atom is -0.507 e. The van der Waals surface area contributed by atoms with Crippen molar-refractivity contribution in [2.24, 2.45) is 0 Å². The highest BCUT2D eigenvalue weighted by atomic mass is 79.9. The first-order chi connectivity index (χ1) is 15.4. The number of amides is 1. The van der Waals surface area contributed by atoms with Gasteiger partial charge in [0.25, 0.3) is 11.7 Å². The first kappa shape index (κ1) is 22.4. The summed E-state index contributed by atoms with van der Waals surface area (Å²) >= 11 is 3.47. The lowest BCUT2D eigenvalue weighted by Gasteiger charge is -2.26. The van der Waals surface area contributed by atoms with E-state index in [0.717, 1.165) is 16.6 Å². The zero-order valence-electron chi connectivity index (χ0n) is 18.0. The van der Waals surface area contributed by atoms with Gasteiger partial charge in [-0.05, 0) is 63.0 Å². The van der Waals surface area contributed by atoms with Gasteiger partial charge in [-0.25, -0.2) is 0 Å². The summed E-state index contributed by atoms with van der Waals surface area (Å²) in [6.07, 6.45) is 0.703. The molecule has 0 bridgehead atoms. The van der Waals surface area contributed by atoms with Crippen LogP contribution in [0.2, 0.25) is 0 Å². The highest BCUT2D eigenvalue weighted by molar-refractivity contribution is 9.10. The maximum absolute atomic E-state index is 13.1. The molecule has 0 spiro atoms. The summed E-state index contributed by atoms with van der Waals surface area (Å²) in [5.41, 5.74) is 1.23. The molecule has 8 heteroatoms. The lowest BCUT2D eigenvalue weighted by molar-refractivity contribution is -0.139. The monoisotopic (exact) mass is 500 g/mol. The molecule has 0 unspecified atom stereocenters. The number of benzene rings is 2. The number of aliphatic hydroxyl groups excluding tert-OH is 1. The van der Waals surface area contributed by atoms with Crippen molar-refractivity contribution >= 4 is 33.4 Å². The topological polar surface area (TPSA) is 79.3 Å². The van der Waals surface area contributed by atoms with Crippen molar-refractivity contribution in [2.75, 3.05) is 40.4 Å². The van der Waals surface area contributed by atoms with E-state index < -0.39 is 17.7 Å². The predicted octanol–water partition coefficient (Wildman–Crippen LogP) is 3.59. The number of fused-ring (bicyclic) bond motifs is 1. The maximum Gasteiger partial charge on any atom is 0.295 e. The molecule has 2 heterocycles. The largest absolute Gasteiger partial charge is 0.507 e. The molecule has 1 atom stereocenters. The Morgan fingerprint density at radius 1 is 1.12 bits per heavy atom. The Morgan fingerprint density at radius 3 is 2.59 bits per heavy atom. The van der Waals surface area contributed by atoms with E-state index in [1.165, 1.54) is 0 Å². The van der Waals surface area contributed by atoms with Gasteiger partial charge >= 0.3 is 0 Å². The summed E-state index contributed by atoms with van der Waals surface area (Å²) in [5, 5.41) is 11.2. The van der Waals surface area contributed by atoms with Crippen LogP contribution in [0.25, 0.3) is 5.76 Å². The quantitative estimate of drug-likeness (QED) is 0.370. The molecule has 7 nitrogen and oxygen atoms in total. The third kappa shape index (κ3) is 4.38. The Hall–Kier alpha value is -2.84. The van der Waals surface area contributed by atoms with E-state index in [1.807, 2.05) is 43.3 Å². The maximum atomic E-state index is 13.1. The summed E-state index contributed by atoms with van der Waals surface area (Å²) in [7, 11) is 3.92. The fraction of sp³-hybridized carbons (Fsp3) is 0.333. The molecule has 1 amide bonds. The van der Waals surface area contributed by atoms with Crippen molar-refractivity contribution in [3.63, 3.8) is 0 Å². The number of Topliss-reactive ketones (excluding diaryl/α,β-unsaturated/α-hetero) is 1. The Bertz CT molecular complexity index is 1080. The van der Waals surface area contributed by atoms with E-state index in [-0.39, 0.29) is 11.3 Å². The molecule has 2 aromatic carbocycles. The average molecular weight is 501 g/mol. The van der Waals surface area contributed by atoms with Crippen LogP contribution in [0.15, 0.2) is 52.5 Å². The average Bonchev–Trinajstić information content (AvgIpc) is 3.03. The van der Waals surface area contributed by atoms with E-state index in [2.05, 4.69) is 15.9 Å². The number of carbonyl (C=O) groups excluding carboxylic acids is 2. The molecule has 0 aliphatic carbocycles. The summed E-state index contributed by atoms with van der Waals surface area (Å²) in [6, 6.07) is 11.8. The molecule has 2 aliphatic heterocycles. The zero-order valence-corrected chi connectivity index (χ0v) is 19.6.